The Morgan fingerprint density at radius 3 is 2.26 bits per heavy atom. The Bertz CT molecular complexity index is 3840. The Labute approximate surface area is 617 Å². The molecule has 0 unspecified atom stereocenters. The van der Waals surface area contributed by atoms with E-state index in [-0.39, 0.29) is 71.2 Å². The van der Waals surface area contributed by atoms with Gasteiger partial charge in [-0.1, -0.05) is 83.6 Å². The molecule has 30 heteroatoms. The van der Waals surface area contributed by atoms with Gasteiger partial charge in [0.1, 0.15) is 60.5 Å². The van der Waals surface area contributed by atoms with Crippen molar-refractivity contribution in [3.63, 3.8) is 0 Å². The number of benzene rings is 4. The average Bonchev–Trinajstić information content (AvgIpc) is 1.63. The summed E-state index contributed by atoms with van der Waals surface area (Å²) in [6, 6.07) is 12.5. The second kappa shape index (κ2) is 40.2. The average molecular weight is 1550 g/mol. The van der Waals surface area contributed by atoms with Gasteiger partial charge in [0.05, 0.1) is 25.9 Å². The molecule has 5 aromatic rings. The Balaban J connectivity index is 1.18. The van der Waals surface area contributed by atoms with Crippen LogP contribution < -0.4 is 63.6 Å². The van der Waals surface area contributed by atoms with Crippen molar-refractivity contribution < 1.29 is 76.4 Å². The highest BCUT2D eigenvalue weighted by molar-refractivity contribution is 14.1. The van der Waals surface area contributed by atoms with E-state index in [9.17, 15) is 38.7 Å². The van der Waals surface area contributed by atoms with E-state index in [2.05, 4.69) is 75.8 Å². The summed E-state index contributed by atoms with van der Waals surface area (Å²) in [4.78, 5) is 158. The molecule has 1 aromatic heterocycles. The lowest BCUT2D eigenvalue weighted by molar-refractivity contribution is -0.146. The number of rotatable bonds is 19. The van der Waals surface area contributed by atoms with E-state index < -0.39 is 138 Å². The lowest BCUT2D eigenvalue weighted by Gasteiger charge is -2.33. The first-order valence-corrected chi connectivity index (χ1v) is 36.9. The number of aliphatic hydroxyl groups excluding tert-OH is 1. The van der Waals surface area contributed by atoms with Crippen LogP contribution in [0.5, 0.6) is 5.75 Å². The number of halogens is 2. The highest BCUT2D eigenvalue weighted by atomic mass is 127. The maximum Gasteiger partial charge on any atom is 0.246 e. The number of nitrogens with zero attached hydrogens (tertiary/aromatic N) is 2. The van der Waals surface area contributed by atoms with Crippen molar-refractivity contribution in [3.05, 3.63) is 136 Å². The number of primary amides is 1. The van der Waals surface area contributed by atoms with Crippen LogP contribution in [0.4, 0.5) is 4.39 Å². The van der Waals surface area contributed by atoms with Crippen molar-refractivity contribution in [1.29, 1.82) is 0 Å². The van der Waals surface area contributed by atoms with Gasteiger partial charge in [0.2, 0.25) is 65.0 Å². The third kappa shape index (κ3) is 24.0. The lowest BCUT2D eigenvalue weighted by atomic mass is 10.00. The zero-order valence-corrected chi connectivity index (χ0v) is 61.4. The maximum atomic E-state index is 16.0. The number of likely N-dealkylation sites (N-methyl/N-ethyl adjacent to an activating group) is 1. The fraction of sp³-hybridized carbons (Fsp3) is 0.500. The predicted molar refractivity (Wildman–Crippen MR) is 391 cm³/mol. The van der Waals surface area contributed by atoms with Crippen molar-refractivity contribution in [2.45, 2.75) is 184 Å². The highest BCUT2D eigenvalue weighted by Crippen LogP contribution is 2.29. The topological polar surface area (TPSA) is 390 Å². The summed E-state index contributed by atoms with van der Waals surface area (Å²) in [5.74, 6) is -8.94. The molecule has 4 heterocycles. The first-order valence-electron chi connectivity index (χ1n) is 35.4. The van der Waals surface area contributed by atoms with Crippen molar-refractivity contribution in [2.24, 2.45) is 5.73 Å². The van der Waals surface area contributed by atoms with Gasteiger partial charge in [0.25, 0.3) is 0 Å². The van der Waals surface area contributed by atoms with Crippen LogP contribution in [0.3, 0.4) is 0 Å². The molecule has 28 nitrogen and oxygen atoms in total. The van der Waals surface area contributed by atoms with Crippen LogP contribution in [0, 0.1) is 5.82 Å². The van der Waals surface area contributed by atoms with E-state index in [0.29, 0.717) is 77.7 Å². The molecule has 3 aliphatic rings. The van der Waals surface area contributed by atoms with Gasteiger partial charge in [-0.2, -0.15) is 0 Å². The normalized spacial score (nSPS) is 21.2. The SMILES string of the molecule is CNCCc1ccc2c(c1)COCCCCCn1cc(c3cc(F)ccc31)C[C@@H]1NC(=O)[C@H](Cc3cccc(c3)CNC(=O)CO[C@H]3CCN(C1=O)[C@@H]3C(=O)N[C@H](C(=O)N[C@@H](Cc1ccc(OC)cc1)C(N)=O)[C@@H](C)O)NC(=O)[C@@H](CNC(=O)CCCCCI)NC(=O)[C@H](C)NC(=O)CCC(=O)NC2. The molecule has 4 aromatic carbocycles. The van der Waals surface area contributed by atoms with Crippen LogP contribution in [0.2, 0.25) is 0 Å². The van der Waals surface area contributed by atoms with E-state index in [1.54, 1.807) is 60.8 Å². The number of amides is 11. The van der Waals surface area contributed by atoms with Gasteiger partial charge in [-0.3, -0.25) is 52.7 Å². The smallest absolute Gasteiger partial charge is 0.246 e. The molecular formula is C74H97FIN13O15. The monoisotopic (exact) mass is 1550 g/mol. The number of nitrogens with two attached hydrogens (primary N) is 1. The second-order valence-corrected chi connectivity index (χ2v) is 27.6. The van der Waals surface area contributed by atoms with Gasteiger partial charge in [-0.15, -0.1) is 0 Å². The largest absolute Gasteiger partial charge is 0.497 e. The van der Waals surface area contributed by atoms with Gasteiger partial charge < -0.3 is 87.7 Å². The molecule has 0 saturated carbocycles. The minimum atomic E-state index is -1.79. The molecule has 0 radical (unpaired) electrons. The quantitative estimate of drug-likeness (QED) is 0.0319. The van der Waals surface area contributed by atoms with Crippen molar-refractivity contribution in [1.82, 2.24) is 62.6 Å². The van der Waals surface area contributed by atoms with E-state index in [0.717, 1.165) is 51.8 Å². The maximum absolute atomic E-state index is 16.0. The van der Waals surface area contributed by atoms with Crippen LogP contribution in [0.15, 0.2) is 91.1 Å². The number of nitrogens with one attached hydrogen (secondary N) is 10. The third-order valence-electron chi connectivity index (χ3n) is 18.5. The number of aromatic nitrogens is 1. The van der Waals surface area contributed by atoms with Crippen LogP contribution in [-0.2, 0) is 114 Å². The molecule has 562 valence electrons. The standard InChI is InChI=1S/C74H97FIN13O15/c1-44-69(96)86-59(40-81-62(91)14-7-5-8-27-76)71(98)84-57-35-48-12-11-13-49(32-48)38-79-65(94)43-104-61-26-30-89(67(61)73(100)87-66(45(2)90)72(99)83-56(68(77)95)34-46-16-20-54(102-4)21-17-46)74(101)58(85-70(57)97)36-51-41-88(60-22-19-53(75)37-55(51)60)29-9-6-10-31-103-42-52-33-47(25-28-78-3)15-18-50(52)39-80-63(92)23-24-64(93)82-44/h11-13,15-22,32-33,37,41,44-45,56-59,61,66-67,78,90H,5-10,14,23-31,34-36,38-40,42-43H2,1-4H3,(H2,77,95)(H,79,94)(H,80,92)(H,81,91)(H,82,93)(H,83,99)(H,84,98)(H,85,97)(H,86,96)(H,87,100)/t44-,45+,56-,57-,58-,59+,61-,66-,67-/m0/s1. The molecule has 13 N–H and O–H groups in total. The summed E-state index contributed by atoms with van der Waals surface area (Å²) in [5.41, 5.74) is 11.1. The number of fused-ring (bicyclic) bond motifs is 13. The Morgan fingerprint density at radius 1 is 0.760 bits per heavy atom. The lowest BCUT2D eigenvalue weighted by Crippen LogP contribution is -2.63. The van der Waals surface area contributed by atoms with E-state index >= 15 is 23.6 Å². The van der Waals surface area contributed by atoms with Crippen LogP contribution in [-0.4, -0.2) is 185 Å². The number of carbonyl (C=O) groups excluding carboxylic acids is 11. The number of aryl methyl sites for hydroxylation is 1. The minimum absolute atomic E-state index is 0.0691. The third-order valence-corrected chi connectivity index (χ3v) is 19.3. The number of unbranched alkanes of at least 4 members (excludes halogenated alkanes) is 2. The number of carbonyl (C=O) groups is 11. The number of hydrogen-bond acceptors (Lipinski definition) is 16. The number of ether oxygens (including phenoxy) is 3. The number of methoxy groups -OCH3 is 1. The second-order valence-electron chi connectivity index (χ2n) is 26.5. The Hall–Kier alpha value is -9.11. The van der Waals surface area contributed by atoms with Crippen molar-refractivity contribution in [3.8, 4) is 5.75 Å². The number of hydrogen-bond donors (Lipinski definition) is 12. The number of aliphatic hydroxyl groups is 1. The van der Waals surface area contributed by atoms with Crippen molar-refractivity contribution in [2.75, 3.05) is 51.4 Å². The molecule has 3 aliphatic heterocycles. The van der Waals surface area contributed by atoms with Gasteiger partial charge in [-0.05, 0) is 146 Å². The molecule has 1 saturated heterocycles. The van der Waals surface area contributed by atoms with Crippen molar-refractivity contribution >= 4 is 98.5 Å². The number of alkyl halides is 1. The van der Waals surface area contributed by atoms with Gasteiger partial charge in [0, 0.05) is 95.0 Å². The molecule has 9 atom stereocenters. The summed E-state index contributed by atoms with van der Waals surface area (Å²) in [7, 11) is 3.35. The van der Waals surface area contributed by atoms with Gasteiger partial charge in [-0.25, -0.2) is 4.39 Å². The molecule has 0 aliphatic carbocycles. The Morgan fingerprint density at radius 2 is 1.51 bits per heavy atom. The van der Waals surface area contributed by atoms with E-state index in [1.165, 1.54) is 33.1 Å². The van der Waals surface area contributed by atoms with Crippen LogP contribution >= 0.6 is 22.6 Å². The molecule has 1 fully saturated rings. The van der Waals surface area contributed by atoms with E-state index in [1.807, 2.05) is 29.8 Å². The van der Waals surface area contributed by atoms with Gasteiger partial charge in [0.15, 0.2) is 0 Å². The summed E-state index contributed by atoms with van der Waals surface area (Å²) in [6.45, 7) is 3.08. The highest BCUT2D eigenvalue weighted by Gasteiger charge is 2.47. The van der Waals surface area contributed by atoms with Gasteiger partial charge >= 0.3 is 0 Å². The molecule has 8 rings (SSSR count). The molecule has 0 spiro atoms. The summed E-state index contributed by atoms with van der Waals surface area (Å²) in [6.07, 6.45) is 2.40. The first-order chi connectivity index (χ1) is 50.0. The molecule has 11 amide bonds. The fourth-order valence-corrected chi connectivity index (χ4v) is 13.3. The molecule has 8 bridgehead atoms. The zero-order valence-electron chi connectivity index (χ0n) is 59.2. The predicted octanol–water partition coefficient (Wildman–Crippen LogP) is 1.90. The minimum Gasteiger partial charge on any atom is -0.497 e. The van der Waals surface area contributed by atoms with E-state index in [4.69, 9.17) is 19.9 Å². The summed E-state index contributed by atoms with van der Waals surface area (Å²) < 4.78 is 36.2. The fourth-order valence-electron chi connectivity index (χ4n) is 12.7. The summed E-state index contributed by atoms with van der Waals surface area (Å²) >= 11 is 2.24. The van der Waals surface area contributed by atoms with Crippen LogP contribution in [0.1, 0.15) is 117 Å². The first kappa shape index (κ1) is 80.6. The zero-order chi connectivity index (χ0) is 74.8. The summed E-state index contributed by atoms with van der Waals surface area (Å²) in [5, 5.41) is 39.1. The molecule has 104 heavy (non-hydrogen) atoms. The molecular weight excluding hydrogens is 1460 g/mol. The Kier molecular flexibility index (Phi) is 31.2. The van der Waals surface area contributed by atoms with Crippen LogP contribution in [0.25, 0.3) is 10.9 Å².